The van der Waals surface area contributed by atoms with Gasteiger partial charge in [-0.3, -0.25) is 32.5 Å². The van der Waals surface area contributed by atoms with Gasteiger partial charge in [-0.25, -0.2) is 28.6 Å². The first-order valence-corrected chi connectivity index (χ1v) is 22.2. The standard InChI is InChI=1S/C26H38N7O18P3S2/c1-26(2,20(37)23(38)29-6-5-15(34)28-7-8-55-25(39)14-3-4-16(35)56-14)10-48-54(45,46)51-53(43,44)47-9-13-19(50-52(40,41)42)18(36)24(49-13)33-12-32-17-21(27)30-11-31-22(17)33/h3-4,11-13,18-20,24,35-37H,5-10H2,1-2H3,(H,28,34)(H,29,38)(H,43,44)(H,45,46)(H2,27,30,31)(H2,40,41,42). The second-order valence-corrected chi connectivity index (χ2v) is 18.7. The summed E-state index contributed by atoms with van der Waals surface area (Å²) in [6.45, 7) is 0.332. The molecular weight excluding hydrogens is 855 g/mol. The normalized spacial score (nSPS) is 21.6. The topological polar surface area (TPSA) is 384 Å². The number of fused-ring (bicyclic) bond motifs is 1. The first-order valence-electron chi connectivity index (χ1n) is 15.8. The Morgan fingerprint density at radius 1 is 1.07 bits per heavy atom. The van der Waals surface area contributed by atoms with E-state index in [-0.39, 0.29) is 52.4 Å². The summed E-state index contributed by atoms with van der Waals surface area (Å²) in [7, 11) is -16.4. The van der Waals surface area contributed by atoms with Crippen LogP contribution < -0.4 is 16.4 Å². The number of ether oxygens (including phenoxy) is 1. The van der Waals surface area contributed by atoms with E-state index in [0.29, 0.717) is 4.88 Å². The van der Waals surface area contributed by atoms with Crippen molar-refractivity contribution in [2.45, 2.75) is 50.9 Å². The number of thiophene rings is 1. The third kappa shape index (κ3) is 12.8. The zero-order valence-electron chi connectivity index (χ0n) is 29.1. The summed E-state index contributed by atoms with van der Waals surface area (Å²) >= 11 is 1.86. The van der Waals surface area contributed by atoms with E-state index in [1.165, 1.54) is 26.0 Å². The van der Waals surface area contributed by atoms with E-state index in [4.69, 9.17) is 19.5 Å². The molecule has 312 valence electrons. The van der Waals surface area contributed by atoms with Crippen LogP contribution in [0.3, 0.4) is 0 Å². The van der Waals surface area contributed by atoms with E-state index in [2.05, 4.69) is 34.4 Å². The molecule has 1 saturated heterocycles. The maximum absolute atomic E-state index is 12.7. The maximum atomic E-state index is 12.7. The summed E-state index contributed by atoms with van der Waals surface area (Å²) in [5.74, 6) is -1.29. The number of aromatic hydroxyl groups is 1. The molecule has 25 nitrogen and oxygen atoms in total. The number of nitrogens with two attached hydrogens (primary N) is 1. The number of phosphoric acid groups is 3. The Kier molecular flexibility index (Phi) is 15.3. The molecule has 0 radical (unpaired) electrons. The predicted molar refractivity (Wildman–Crippen MR) is 192 cm³/mol. The lowest BCUT2D eigenvalue weighted by atomic mass is 9.87. The number of phosphoric ester groups is 3. The van der Waals surface area contributed by atoms with Crippen LogP contribution in [0.1, 0.15) is 36.2 Å². The van der Waals surface area contributed by atoms with Gasteiger partial charge in [-0.05, 0) is 12.1 Å². The van der Waals surface area contributed by atoms with Crippen LogP contribution in [-0.4, -0.2) is 128 Å². The molecule has 2 amide bonds. The molecular formula is C26H38N7O18P3S2. The number of aromatic nitrogens is 4. The molecule has 3 aromatic rings. The largest absolute Gasteiger partial charge is 0.499 e. The van der Waals surface area contributed by atoms with Gasteiger partial charge < -0.3 is 56.0 Å². The number of nitrogen functional groups attached to an aromatic ring is 1. The molecule has 4 heterocycles. The van der Waals surface area contributed by atoms with Crippen molar-refractivity contribution < 1.29 is 85.6 Å². The average molecular weight is 894 g/mol. The first-order chi connectivity index (χ1) is 26.0. The van der Waals surface area contributed by atoms with E-state index in [0.717, 1.165) is 40.3 Å². The number of carbonyl (C=O) groups excluding carboxylic acids is 3. The van der Waals surface area contributed by atoms with E-state index in [9.17, 15) is 63.0 Å². The summed E-state index contributed by atoms with van der Waals surface area (Å²) < 4.78 is 62.0. The van der Waals surface area contributed by atoms with Gasteiger partial charge in [0.2, 0.25) is 16.9 Å². The van der Waals surface area contributed by atoms with Crippen molar-refractivity contribution in [3.63, 3.8) is 0 Å². The minimum atomic E-state index is -5.58. The Hall–Kier alpha value is -2.94. The predicted octanol–water partition coefficient (Wildman–Crippen LogP) is -0.254. The zero-order valence-corrected chi connectivity index (χ0v) is 33.4. The zero-order chi connectivity index (χ0) is 41.6. The molecule has 7 atom stereocenters. The quantitative estimate of drug-likeness (QED) is 0.0516. The highest BCUT2D eigenvalue weighted by atomic mass is 32.2. The van der Waals surface area contributed by atoms with Gasteiger partial charge in [0, 0.05) is 30.7 Å². The second kappa shape index (κ2) is 18.8. The van der Waals surface area contributed by atoms with Crippen molar-refractivity contribution in [2.75, 3.05) is 37.8 Å². The van der Waals surface area contributed by atoms with Crippen LogP contribution in [0, 0.1) is 5.41 Å². The third-order valence-electron chi connectivity index (χ3n) is 7.53. The molecule has 0 bridgehead atoms. The number of hydrogen-bond donors (Lipinski definition) is 10. The smallest absolute Gasteiger partial charge is 0.481 e. The summed E-state index contributed by atoms with van der Waals surface area (Å²) in [5, 5.41) is 35.3. The molecule has 1 fully saturated rings. The van der Waals surface area contributed by atoms with Crippen molar-refractivity contribution in [1.82, 2.24) is 30.2 Å². The fourth-order valence-electron chi connectivity index (χ4n) is 4.78. The van der Waals surface area contributed by atoms with Gasteiger partial charge >= 0.3 is 23.5 Å². The fraction of sp³-hybridized carbons (Fsp3) is 0.538. The van der Waals surface area contributed by atoms with Crippen LogP contribution in [0.5, 0.6) is 5.06 Å². The Bertz CT molecular complexity index is 2030. The lowest BCUT2D eigenvalue weighted by molar-refractivity contribution is -0.137. The van der Waals surface area contributed by atoms with Gasteiger partial charge in [0.15, 0.2) is 22.8 Å². The highest BCUT2D eigenvalue weighted by Gasteiger charge is 2.50. The number of carbonyl (C=O) groups is 3. The van der Waals surface area contributed by atoms with Gasteiger partial charge in [-0.15, -0.1) is 0 Å². The summed E-state index contributed by atoms with van der Waals surface area (Å²) in [6.07, 6.45) is -7.01. The Morgan fingerprint density at radius 3 is 2.43 bits per heavy atom. The van der Waals surface area contributed by atoms with Gasteiger partial charge in [0.05, 0.1) is 24.4 Å². The molecule has 30 heteroatoms. The molecule has 1 aliphatic rings. The number of anilines is 1. The van der Waals surface area contributed by atoms with Crippen molar-refractivity contribution in [2.24, 2.45) is 5.41 Å². The molecule has 0 saturated carbocycles. The molecule has 11 N–H and O–H groups in total. The van der Waals surface area contributed by atoms with Crippen LogP contribution in [0.25, 0.3) is 11.2 Å². The first kappa shape index (κ1) is 45.8. The van der Waals surface area contributed by atoms with E-state index < -0.39 is 84.6 Å². The Balaban J connectivity index is 1.23. The number of nitrogens with zero attached hydrogens (tertiary/aromatic N) is 4. The van der Waals surface area contributed by atoms with Crippen LogP contribution in [0.4, 0.5) is 5.82 Å². The van der Waals surface area contributed by atoms with Gasteiger partial charge in [0.25, 0.3) is 0 Å². The minimum Gasteiger partial charge on any atom is -0.499 e. The van der Waals surface area contributed by atoms with Crippen LogP contribution >= 0.6 is 46.6 Å². The number of amides is 2. The van der Waals surface area contributed by atoms with Crippen LogP contribution in [-0.2, 0) is 45.9 Å². The molecule has 1 aliphatic heterocycles. The van der Waals surface area contributed by atoms with Crippen molar-refractivity contribution >= 4 is 80.5 Å². The van der Waals surface area contributed by atoms with Gasteiger partial charge in [-0.2, -0.15) is 4.31 Å². The average Bonchev–Trinajstić information content (AvgIpc) is 3.81. The molecule has 0 aliphatic carbocycles. The number of imidazole rings is 1. The highest BCUT2D eigenvalue weighted by molar-refractivity contribution is 8.14. The van der Waals surface area contributed by atoms with Gasteiger partial charge in [0.1, 0.15) is 36.3 Å². The molecule has 7 unspecified atom stereocenters. The van der Waals surface area contributed by atoms with Crippen molar-refractivity contribution in [3.8, 4) is 5.06 Å². The Morgan fingerprint density at radius 2 is 1.77 bits per heavy atom. The number of nitrogens with one attached hydrogen (secondary N) is 2. The van der Waals surface area contributed by atoms with Crippen molar-refractivity contribution in [3.05, 3.63) is 29.7 Å². The lowest BCUT2D eigenvalue weighted by Crippen LogP contribution is -2.46. The molecule has 4 rings (SSSR count). The molecule has 56 heavy (non-hydrogen) atoms. The number of rotatable bonds is 20. The number of aliphatic hydroxyl groups is 2. The van der Waals surface area contributed by atoms with Gasteiger partial charge in [-0.1, -0.05) is 36.9 Å². The van der Waals surface area contributed by atoms with Crippen molar-refractivity contribution in [1.29, 1.82) is 0 Å². The monoisotopic (exact) mass is 893 g/mol. The lowest BCUT2D eigenvalue weighted by Gasteiger charge is -2.30. The summed E-state index contributed by atoms with van der Waals surface area (Å²) in [5.41, 5.74) is 4.23. The second-order valence-electron chi connectivity index (χ2n) is 12.3. The molecule has 0 spiro atoms. The highest BCUT2D eigenvalue weighted by Crippen LogP contribution is 2.61. The maximum Gasteiger partial charge on any atom is 0.481 e. The number of thioether (sulfide) groups is 1. The van der Waals surface area contributed by atoms with Crippen LogP contribution in [0.15, 0.2) is 24.8 Å². The molecule has 3 aromatic heterocycles. The molecule has 0 aromatic carbocycles. The SMILES string of the molecule is CC(C)(COP(=O)(O)OP(=O)(O)OCC1OC(n2cnc3c(N)ncnc32)C(O)C1OP(=O)(O)O)C(O)C(=O)NCCC(=O)NCCSC(=O)c1ccc(O)s1. The summed E-state index contributed by atoms with van der Waals surface area (Å²) in [6, 6.07) is 2.86. The van der Waals surface area contributed by atoms with Crippen LogP contribution in [0.2, 0.25) is 0 Å². The van der Waals surface area contributed by atoms with E-state index in [1.54, 1.807) is 0 Å². The number of hydrogen-bond acceptors (Lipinski definition) is 20. The van der Waals surface area contributed by atoms with E-state index in [1.807, 2.05) is 0 Å². The Labute approximate surface area is 324 Å². The summed E-state index contributed by atoms with van der Waals surface area (Å²) in [4.78, 5) is 87.9. The van der Waals surface area contributed by atoms with E-state index >= 15 is 0 Å². The minimum absolute atomic E-state index is 0.000766. The number of aliphatic hydroxyl groups excluding tert-OH is 2. The fourth-order valence-corrected chi connectivity index (χ4v) is 9.09. The third-order valence-corrected chi connectivity index (χ3v) is 12.5.